The molecule has 0 saturated carbocycles. The van der Waals surface area contributed by atoms with E-state index in [1.54, 1.807) is 0 Å². The second-order valence-electron chi connectivity index (χ2n) is 3.79. The van der Waals surface area contributed by atoms with E-state index in [0.29, 0.717) is 0 Å². The number of aryl methyl sites for hydroxylation is 3. The van der Waals surface area contributed by atoms with Crippen molar-refractivity contribution in [3.05, 3.63) is 41.2 Å². The molecule has 0 spiro atoms. The predicted molar refractivity (Wildman–Crippen MR) is 58.2 cm³/mol. The van der Waals surface area contributed by atoms with Gasteiger partial charge in [0.1, 0.15) is 0 Å². The van der Waals surface area contributed by atoms with Crippen LogP contribution in [0, 0.1) is 20.8 Å². The smallest absolute Gasteiger partial charge is 0.0568 e. The van der Waals surface area contributed by atoms with Gasteiger partial charge in [-0.3, -0.25) is 5.10 Å². The number of hydrogen-bond donors (Lipinski definition) is 1. The molecule has 2 rings (SSSR count). The summed E-state index contributed by atoms with van der Waals surface area (Å²) in [6.07, 6.45) is 1.88. The van der Waals surface area contributed by atoms with Gasteiger partial charge in [-0.2, -0.15) is 5.10 Å². The fraction of sp³-hybridized carbons (Fsp3) is 0.250. The van der Waals surface area contributed by atoms with Crippen molar-refractivity contribution >= 4 is 0 Å². The molecule has 1 N–H and O–H groups in total. The first-order chi connectivity index (χ1) is 6.66. The molecular weight excluding hydrogens is 172 g/mol. The normalized spacial score (nSPS) is 10.5. The van der Waals surface area contributed by atoms with Crippen LogP contribution >= 0.6 is 0 Å². The minimum absolute atomic E-state index is 1.12. The summed E-state index contributed by atoms with van der Waals surface area (Å²) < 4.78 is 0. The van der Waals surface area contributed by atoms with E-state index in [0.717, 1.165) is 5.69 Å². The van der Waals surface area contributed by atoms with Crippen LogP contribution in [0.25, 0.3) is 11.1 Å². The number of H-pyrrole nitrogens is 1. The van der Waals surface area contributed by atoms with Crippen LogP contribution in [0.15, 0.2) is 24.4 Å². The Morgan fingerprint density at radius 3 is 2.14 bits per heavy atom. The molecule has 0 aliphatic heterocycles. The Bertz CT molecular complexity index is 435. The van der Waals surface area contributed by atoms with E-state index in [9.17, 15) is 0 Å². The predicted octanol–water partition coefficient (Wildman–Crippen LogP) is 3.00. The summed E-state index contributed by atoms with van der Waals surface area (Å²) in [6, 6.07) is 6.55. The maximum absolute atomic E-state index is 4.03. The van der Waals surface area contributed by atoms with Gasteiger partial charge in [0.05, 0.1) is 6.20 Å². The zero-order valence-corrected chi connectivity index (χ0v) is 8.76. The van der Waals surface area contributed by atoms with Crippen molar-refractivity contribution in [2.24, 2.45) is 0 Å². The zero-order valence-electron chi connectivity index (χ0n) is 8.76. The van der Waals surface area contributed by atoms with Crippen molar-refractivity contribution in [2.75, 3.05) is 0 Å². The number of rotatable bonds is 1. The number of aromatic amines is 1. The summed E-state index contributed by atoms with van der Waals surface area (Å²) in [6.45, 7) is 6.28. The summed E-state index contributed by atoms with van der Waals surface area (Å²) >= 11 is 0. The van der Waals surface area contributed by atoms with Crippen LogP contribution in [0.3, 0.4) is 0 Å². The van der Waals surface area contributed by atoms with Crippen LogP contribution in [-0.4, -0.2) is 10.2 Å². The Labute approximate surface area is 84.0 Å². The minimum Gasteiger partial charge on any atom is -0.282 e. The second-order valence-corrected chi connectivity index (χ2v) is 3.79. The summed E-state index contributed by atoms with van der Waals surface area (Å²) in [5.41, 5.74) is 6.14. The Kier molecular flexibility index (Phi) is 2.12. The maximum Gasteiger partial charge on any atom is 0.0568 e. The van der Waals surface area contributed by atoms with E-state index in [4.69, 9.17) is 0 Å². The molecule has 0 aliphatic carbocycles. The topological polar surface area (TPSA) is 28.7 Å². The first kappa shape index (κ1) is 9.00. The summed E-state index contributed by atoms with van der Waals surface area (Å²) in [4.78, 5) is 0. The maximum atomic E-state index is 4.03. The van der Waals surface area contributed by atoms with E-state index in [-0.39, 0.29) is 0 Å². The van der Waals surface area contributed by atoms with Crippen LogP contribution < -0.4 is 0 Å². The van der Waals surface area contributed by atoms with Gasteiger partial charge >= 0.3 is 0 Å². The highest BCUT2D eigenvalue weighted by Crippen LogP contribution is 2.23. The lowest BCUT2D eigenvalue weighted by molar-refractivity contribution is 1.05. The van der Waals surface area contributed by atoms with Crippen LogP contribution in [0.1, 0.15) is 16.8 Å². The number of nitrogens with zero attached hydrogens (tertiary/aromatic N) is 1. The Hall–Kier alpha value is -1.57. The van der Waals surface area contributed by atoms with E-state index in [2.05, 4.69) is 42.2 Å². The van der Waals surface area contributed by atoms with E-state index in [1.165, 1.54) is 22.3 Å². The summed E-state index contributed by atoms with van der Waals surface area (Å²) in [7, 11) is 0. The lowest BCUT2D eigenvalue weighted by atomic mass is 10.0. The molecule has 0 saturated heterocycles. The third-order valence-electron chi connectivity index (χ3n) is 2.36. The van der Waals surface area contributed by atoms with Gasteiger partial charge in [0, 0.05) is 11.3 Å². The molecule has 72 valence electrons. The average Bonchev–Trinajstić information content (AvgIpc) is 2.49. The van der Waals surface area contributed by atoms with Crippen molar-refractivity contribution in [1.29, 1.82) is 0 Å². The summed E-state index contributed by atoms with van der Waals surface area (Å²) in [5.74, 6) is 0. The largest absolute Gasteiger partial charge is 0.282 e. The molecule has 2 aromatic rings. The molecule has 2 heteroatoms. The zero-order chi connectivity index (χ0) is 10.1. The van der Waals surface area contributed by atoms with Gasteiger partial charge in [0.25, 0.3) is 0 Å². The molecule has 0 radical (unpaired) electrons. The molecule has 0 fully saturated rings. The van der Waals surface area contributed by atoms with Crippen molar-refractivity contribution in [3.8, 4) is 11.1 Å². The van der Waals surface area contributed by atoms with Crippen LogP contribution in [-0.2, 0) is 0 Å². The fourth-order valence-electron chi connectivity index (χ4n) is 1.77. The van der Waals surface area contributed by atoms with Gasteiger partial charge in [0.2, 0.25) is 0 Å². The molecule has 1 aromatic heterocycles. The second kappa shape index (κ2) is 3.29. The van der Waals surface area contributed by atoms with Gasteiger partial charge in [-0.25, -0.2) is 0 Å². The van der Waals surface area contributed by atoms with Gasteiger partial charge in [0.15, 0.2) is 0 Å². The molecule has 2 nitrogen and oxygen atoms in total. The number of hydrogen-bond acceptors (Lipinski definition) is 1. The van der Waals surface area contributed by atoms with Gasteiger partial charge in [-0.15, -0.1) is 0 Å². The molecule has 1 heterocycles. The van der Waals surface area contributed by atoms with Gasteiger partial charge in [-0.05, 0) is 26.3 Å². The number of aromatic nitrogens is 2. The molecule has 14 heavy (non-hydrogen) atoms. The number of benzene rings is 1. The van der Waals surface area contributed by atoms with E-state index in [1.807, 2.05) is 13.1 Å². The summed E-state index contributed by atoms with van der Waals surface area (Å²) in [5, 5.41) is 6.99. The molecule has 0 unspecified atom stereocenters. The average molecular weight is 186 g/mol. The highest BCUT2D eigenvalue weighted by atomic mass is 15.1. The molecule has 0 bridgehead atoms. The van der Waals surface area contributed by atoms with Crippen molar-refractivity contribution in [3.63, 3.8) is 0 Å². The Balaban J connectivity index is 2.57. The first-order valence-electron chi connectivity index (χ1n) is 4.75. The monoisotopic (exact) mass is 186 g/mol. The standard InChI is InChI=1S/C12H14N2/c1-8-4-9(2)6-11(5-8)12-7-13-14-10(12)3/h4-7H,1-3H3,(H,13,14). The van der Waals surface area contributed by atoms with Crippen LogP contribution in [0.2, 0.25) is 0 Å². The van der Waals surface area contributed by atoms with E-state index >= 15 is 0 Å². The minimum atomic E-state index is 1.12. The number of nitrogens with one attached hydrogen (secondary N) is 1. The molecule has 0 amide bonds. The van der Waals surface area contributed by atoms with Crippen molar-refractivity contribution in [1.82, 2.24) is 10.2 Å². The third kappa shape index (κ3) is 1.55. The lowest BCUT2D eigenvalue weighted by Gasteiger charge is -2.03. The third-order valence-corrected chi connectivity index (χ3v) is 2.36. The molecule has 0 atom stereocenters. The lowest BCUT2D eigenvalue weighted by Crippen LogP contribution is -1.83. The van der Waals surface area contributed by atoms with Crippen molar-refractivity contribution < 1.29 is 0 Å². The van der Waals surface area contributed by atoms with Crippen molar-refractivity contribution in [2.45, 2.75) is 20.8 Å². The Morgan fingerprint density at radius 2 is 1.64 bits per heavy atom. The van der Waals surface area contributed by atoms with Gasteiger partial charge < -0.3 is 0 Å². The quantitative estimate of drug-likeness (QED) is 0.728. The molecule has 1 aromatic carbocycles. The Morgan fingerprint density at radius 1 is 1.00 bits per heavy atom. The van der Waals surface area contributed by atoms with Crippen LogP contribution in [0.4, 0.5) is 0 Å². The van der Waals surface area contributed by atoms with E-state index < -0.39 is 0 Å². The fourth-order valence-corrected chi connectivity index (χ4v) is 1.77. The highest BCUT2D eigenvalue weighted by Gasteiger charge is 2.04. The van der Waals surface area contributed by atoms with Gasteiger partial charge in [-0.1, -0.05) is 29.3 Å². The SMILES string of the molecule is Cc1cc(C)cc(-c2cn[nH]c2C)c1. The van der Waals surface area contributed by atoms with Crippen LogP contribution in [0.5, 0.6) is 0 Å². The molecule has 0 aliphatic rings. The first-order valence-corrected chi connectivity index (χ1v) is 4.75. The highest BCUT2D eigenvalue weighted by molar-refractivity contribution is 5.66. The molecular formula is C12H14N2.